The first kappa shape index (κ1) is 17.3. The van der Waals surface area contributed by atoms with Gasteiger partial charge in [0.25, 0.3) is 0 Å². The molecule has 0 aliphatic rings. The predicted octanol–water partition coefficient (Wildman–Crippen LogP) is 3.51. The van der Waals surface area contributed by atoms with Crippen LogP contribution in [-0.4, -0.2) is 19.9 Å². The Morgan fingerprint density at radius 1 is 1.00 bits per heavy atom. The summed E-state index contributed by atoms with van der Waals surface area (Å²) in [7, 11) is 0. The molecule has 0 aliphatic heterocycles. The van der Waals surface area contributed by atoms with Crippen LogP contribution in [0.5, 0.6) is 0 Å². The smallest absolute Gasteiger partial charge is 0.180 e. The Balaban J connectivity index is 0.000000268. The van der Waals surface area contributed by atoms with E-state index in [0.29, 0.717) is 10.3 Å². The van der Waals surface area contributed by atoms with E-state index in [0.717, 1.165) is 22.1 Å². The first-order valence-corrected chi connectivity index (χ1v) is 8.68. The Morgan fingerprint density at radius 2 is 1.74 bits per heavy atom. The van der Waals surface area contributed by atoms with E-state index in [1.54, 1.807) is 12.4 Å². The lowest BCUT2D eigenvalue weighted by Gasteiger charge is -2.16. The summed E-state index contributed by atoms with van der Waals surface area (Å²) in [4.78, 5) is 17.9. The Hall–Kier alpha value is -2.06. The topological polar surface area (TPSA) is 104 Å². The predicted molar refractivity (Wildman–Crippen MR) is 97.5 cm³/mol. The summed E-state index contributed by atoms with van der Waals surface area (Å²) in [6.07, 6.45) is 3.47. The summed E-state index contributed by atoms with van der Waals surface area (Å²) in [6, 6.07) is 1.90. The second-order valence-electron chi connectivity index (χ2n) is 5.85. The molecular weight excluding hydrogens is 328 g/mol. The molecule has 0 spiro atoms. The highest BCUT2D eigenvalue weighted by atomic mass is 32.1. The van der Waals surface area contributed by atoms with E-state index < -0.39 is 0 Å². The summed E-state index contributed by atoms with van der Waals surface area (Å²) < 4.78 is 0. The van der Waals surface area contributed by atoms with Crippen molar-refractivity contribution in [3.63, 3.8) is 0 Å². The normalized spacial score (nSPS) is 11.0. The Labute approximate surface area is 143 Å². The maximum absolute atomic E-state index is 5.70. The molecule has 0 aliphatic carbocycles. The van der Waals surface area contributed by atoms with Crippen LogP contribution in [0.15, 0.2) is 23.8 Å². The number of nitrogens with zero attached hydrogens (tertiary/aromatic N) is 4. The molecule has 3 aromatic rings. The number of aromatic nitrogens is 4. The fourth-order valence-electron chi connectivity index (χ4n) is 1.74. The minimum absolute atomic E-state index is 0.0554. The van der Waals surface area contributed by atoms with Crippen molar-refractivity contribution in [1.29, 1.82) is 0 Å². The number of nitrogen functional groups attached to an aromatic ring is 2. The van der Waals surface area contributed by atoms with Crippen LogP contribution in [0.25, 0.3) is 10.6 Å². The van der Waals surface area contributed by atoms with Gasteiger partial charge in [0.05, 0.1) is 16.3 Å². The quantitative estimate of drug-likeness (QED) is 0.697. The number of thiazole rings is 2. The summed E-state index contributed by atoms with van der Waals surface area (Å²) in [5, 5.41) is 3.05. The average molecular weight is 349 g/mol. The zero-order chi connectivity index (χ0) is 17.0. The molecule has 0 saturated heterocycles. The molecule has 0 atom stereocenters. The molecule has 8 heteroatoms. The van der Waals surface area contributed by atoms with Crippen LogP contribution in [0.2, 0.25) is 0 Å². The minimum Gasteiger partial charge on any atom is -0.375 e. The molecule has 3 heterocycles. The zero-order valence-corrected chi connectivity index (χ0v) is 15.2. The van der Waals surface area contributed by atoms with Gasteiger partial charge in [-0.3, -0.25) is 0 Å². The van der Waals surface area contributed by atoms with Crippen LogP contribution in [0.1, 0.15) is 32.3 Å². The van der Waals surface area contributed by atoms with Crippen molar-refractivity contribution in [3.05, 3.63) is 35.4 Å². The summed E-state index contributed by atoms with van der Waals surface area (Å²) in [6.45, 7) is 8.24. The van der Waals surface area contributed by atoms with Crippen LogP contribution in [0, 0.1) is 6.92 Å². The van der Waals surface area contributed by atoms with Crippen molar-refractivity contribution in [2.75, 3.05) is 11.5 Å². The number of rotatable bonds is 1. The van der Waals surface area contributed by atoms with Crippen molar-refractivity contribution in [2.24, 2.45) is 0 Å². The number of aryl methyl sites for hydroxylation is 1. The van der Waals surface area contributed by atoms with Gasteiger partial charge in [0.15, 0.2) is 10.3 Å². The molecule has 0 aromatic carbocycles. The van der Waals surface area contributed by atoms with Crippen LogP contribution < -0.4 is 11.5 Å². The molecule has 0 fully saturated rings. The lowest BCUT2D eigenvalue weighted by Crippen LogP contribution is -2.15. The first-order valence-electron chi connectivity index (χ1n) is 6.99. The minimum atomic E-state index is -0.0554. The maximum Gasteiger partial charge on any atom is 0.180 e. The van der Waals surface area contributed by atoms with E-state index in [2.05, 4.69) is 40.7 Å². The van der Waals surface area contributed by atoms with Gasteiger partial charge in [0.1, 0.15) is 5.82 Å². The lowest BCUT2D eigenvalue weighted by molar-refractivity contribution is 0.546. The molecule has 122 valence electrons. The molecule has 0 bridgehead atoms. The lowest BCUT2D eigenvalue weighted by atomic mass is 9.95. The van der Waals surface area contributed by atoms with Gasteiger partial charge in [-0.25, -0.2) is 19.9 Å². The summed E-state index contributed by atoms with van der Waals surface area (Å²) in [5.41, 5.74) is 12.7. The van der Waals surface area contributed by atoms with Gasteiger partial charge in [0.2, 0.25) is 0 Å². The Kier molecular flexibility index (Phi) is 5.27. The second-order valence-corrected chi connectivity index (χ2v) is 7.81. The fraction of sp³-hybridized carbons (Fsp3) is 0.333. The fourth-order valence-corrected chi connectivity index (χ4v) is 2.92. The molecule has 0 unspecified atom stereocenters. The number of nitrogens with two attached hydrogens (primary N) is 2. The van der Waals surface area contributed by atoms with E-state index in [-0.39, 0.29) is 5.41 Å². The van der Waals surface area contributed by atoms with Gasteiger partial charge in [-0.15, -0.1) is 11.3 Å². The largest absolute Gasteiger partial charge is 0.375 e. The van der Waals surface area contributed by atoms with E-state index in [1.807, 2.05) is 18.4 Å². The molecule has 0 amide bonds. The van der Waals surface area contributed by atoms with Crippen molar-refractivity contribution in [3.8, 4) is 10.6 Å². The van der Waals surface area contributed by atoms with Crippen molar-refractivity contribution < 1.29 is 0 Å². The Bertz CT molecular complexity index is 759. The standard InChI is InChI=1S/C12H16N4S.C3H4N2S/c1-7-9(17-11(13)15-7)8-5-6-14-10(16-8)12(2,3)4;4-3-5-1-2-6-3/h5-6H,1-4H3,(H2,13,15);1-2H,(H2,4,5). The molecule has 0 saturated carbocycles. The molecule has 23 heavy (non-hydrogen) atoms. The van der Waals surface area contributed by atoms with Gasteiger partial charge >= 0.3 is 0 Å². The van der Waals surface area contributed by atoms with Gasteiger partial charge < -0.3 is 11.5 Å². The third-order valence-electron chi connectivity index (χ3n) is 2.82. The van der Waals surface area contributed by atoms with Gasteiger partial charge in [-0.1, -0.05) is 32.1 Å². The van der Waals surface area contributed by atoms with E-state index in [1.165, 1.54) is 22.7 Å². The molecular formula is C15H20N6S2. The number of hydrogen-bond acceptors (Lipinski definition) is 8. The zero-order valence-electron chi connectivity index (χ0n) is 13.6. The second kappa shape index (κ2) is 7.01. The van der Waals surface area contributed by atoms with E-state index in [9.17, 15) is 0 Å². The van der Waals surface area contributed by atoms with Crippen LogP contribution >= 0.6 is 22.7 Å². The molecule has 6 nitrogen and oxygen atoms in total. The molecule has 3 aromatic heterocycles. The molecule has 4 N–H and O–H groups in total. The third-order valence-corrected chi connectivity index (χ3v) is 4.44. The van der Waals surface area contributed by atoms with Crippen LogP contribution in [0.3, 0.4) is 0 Å². The number of hydrogen-bond donors (Lipinski definition) is 2. The van der Waals surface area contributed by atoms with Crippen molar-refractivity contribution in [1.82, 2.24) is 19.9 Å². The van der Waals surface area contributed by atoms with Crippen molar-refractivity contribution in [2.45, 2.75) is 33.1 Å². The van der Waals surface area contributed by atoms with E-state index >= 15 is 0 Å². The molecule has 3 rings (SSSR count). The number of anilines is 2. The average Bonchev–Trinajstić information content (AvgIpc) is 3.07. The maximum atomic E-state index is 5.70. The first-order chi connectivity index (χ1) is 10.8. The third kappa shape index (κ3) is 4.70. The van der Waals surface area contributed by atoms with Gasteiger partial charge in [-0.05, 0) is 13.0 Å². The van der Waals surface area contributed by atoms with Crippen molar-refractivity contribution >= 4 is 32.9 Å². The molecule has 0 radical (unpaired) electrons. The Morgan fingerprint density at radius 3 is 2.17 bits per heavy atom. The highest BCUT2D eigenvalue weighted by molar-refractivity contribution is 7.18. The van der Waals surface area contributed by atoms with Gasteiger partial charge in [-0.2, -0.15) is 0 Å². The monoisotopic (exact) mass is 348 g/mol. The SMILES string of the molecule is Cc1nc(N)sc1-c1ccnc(C(C)(C)C)n1.Nc1nccs1. The summed E-state index contributed by atoms with van der Waals surface area (Å²) in [5.74, 6) is 0.835. The van der Waals surface area contributed by atoms with E-state index in [4.69, 9.17) is 11.5 Å². The van der Waals surface area contributed by atoms with Crippen LogP contribution in [-0.2, 0) is 5.41 Å². The van der Waals surface area contributed by atoms with Crippen LogP contribution in [0.4, 0.5) is 10.3 Å². The summed E-state index contributed by atoms with van der Waals surface area (Å²) >= 11 is 2.91. The van der Waals surface area contributed by atoms with Gasteiger partial charge in [0, 0.05) is 23.2 Å². The highest BCUT2D eigenvalue weighted by Gasteiger charge is 2.18. The highest BCUT2D eigenvalue weighted by Crippen LogP contribution is 2.30.